The molecule has 3 heteroatoms. The Morgan fingerprint density at radius 3 is 2.70 bits per heavy atom. The van der Waals surface area contributed by atoms with Crippen LogP contribution in [0.3, 0.4) is 0 Å². The highest BCUT2D eigenvalue weighted by Crippen LogP contribution is 2.57. The average Bonchev–Trinajstić information content (AvgIpc) is 3.02. The smallest absolute Gasteiger partial charge is 0.0595 e. The van der Waals surface area contributed by atoms with Gasteiger partial charge in [-0.25, -0.2) is 0 Å². The van der Waals surface area contributed by atoms with Gasteiger partial charge in [0, 0.05) is 6.54 Å². The van der Waals surface area contributed by atoms with Gasteiger partial charge < -0.3 is 5.32 Å². The molecule has 0 spiro atoms. The van der Waals surface area contributed by atoms with Gasteiger partial charge in [-0.15, -0.1) is 0 Å². The number of hydrogen-bond acceptors (Lipinski definition) is 1. The van der Waals surface area contributed by atoms with Crippen molar-refractivity contribution in [3.05, 3.63) is 33.8 Å². The van der Waals surface area contributed by atoms with Crippen LogP contribution in [0.4, 0.5) is 0 Å². The van der Waals surface area contributed by atoms with Crippen LogP contribution in [0.15, 0.2) is 18.2 Å². The van der Waals surface area contributed by atoms with E-state index in [-0.39, 0.29) is 0 Å². The zero-order chi connectivity index (χ0) is 14.2. The van der Waals surface area contributed by atoms with Crippen molar-refractivity contribution in [1.82, 2.24) is 5.32 Å². The maximum atomic E-state index is 6.18. The van der Waals surface area contributed by atoms with Crippen LogP contribution in [-0.4, -0.2) is 13.1 Å². The molecular formula is C17H23Cl2N. The zero-order valence-corrected chi connectivity index (χ0v) is 13.6. The number of benzene rings is 1. The number of hydrogen-bond donors (Lipinski definition) is 1. The summed E-state index contributed by atoms with van der Waals surface area (Å²) in [6.07, 6.45) is 6.81. The van der Waals surface area contributed by atoms with Gasteiger partial charge in [0.1, 0.15) is 0 Å². The summed E-state index contributed by atoms with van der Waals surface area (Å²) >= 11 is 12.2. The summed E-state index contributed by atoms with van der Waals surface area (Å²) in [5.74, 6) is 1.85. The average molecular weight is 312 g/mol. The lowest BCUT2D eigenvalue weighted by Crippen LogP contribution is -2.40. The maximum Gasteiger partial charge on any atom is 0.0595 e. The van der Waals surface area contributed by atoms with Gasteiger partial charge in [0.05, 0.1) is 10.0 Å². The SMILES string of the molecule is CCNCC1(Cc2ccc(Cl)c(Cl)c2)CC2CCC1C2. The first-order valence-corrected chi connectivity index (χ1v) is 8.53. The molecule has 20 heavy (non-hydrogen) atoms. The fourth-order valence-electron chi connectivity index (χ4n) is 4.48. The zero-order valence-electron chi connectivity index (χ0n) is 12.1. The number of fused-ring (bicyclic) bond motifs is 2. The van der Waals surface area contributed by atoms with Gasteiger partial charge >= 0.3 is 0 Å². The van der Waals surface area contributed by atoms with Crippen molar-refractivity contribution in [3.63, 3.8) is 0 Å². The molecule has 3 rings (SSSR count). The largest absolute Gasteiger partial charge is 0.316 e. The normalized spacial score (nSPS) is 31.9. The molecule has 1 aromatic rings. The topological polar surface area (TPSA) is 12.0 Å². The van der Waals surface area contributed by atoms with Crippen LogP contribution in [0.25, 0.3) is 0 Å². The lowest BCUT2D eigenvalue weighted by atomic mass is 9.69. The molecule has 2 aliphatic carbocycles. The van der Waals surface area contributed by atoms with Gasteiger partial charge in [-0.1, -0.05) is 42.6 Å². The van der Waals surface area contributed by atoms with Gasteiger partial charge in [-0.05, 0) is 67.2 Å². The van der Waals surface area contributed by atoms with Crippen LogP contribution in [0, 0.1) is 17.3 Å². The van der Waals surface area contributed by atoms with Crippen LogP contribution >= 0.6 is 23.2 Å². The third kappa shape index (κ3) is 2.73. The molecule has 2 aliphatic rings. The molecule has 1 aromatic carbocycles. The molecular weight excluding hydrogens is 289 g/mol. The minimum absolute atomic E-state index is 0.441. The monoisotopic (exact) mass is 311 g/mol. The second-order valence-electron chi connectivity index (χ2n) is 6.65. The Morgan fingerprint density at radius 1 is 1.25 bits per heavy atom. The maximum absolute atomic E-state index is 6.18. The molecule has 110 valence electrons. The molecule has 0 aliphatic heterocycles. The van der Waals surface area contributed by atoms with E-state index in [0.29, 0.717) is 15.5 Å². The highest BCUT2D eigenvalue weighted by Gasteiger charge is 2.50. The van der Waals surface area contributed by atoms with E-state index >= 15 is 0 Å². The Balaban J connectivity index is 1.81. The first-order valence-electron chi connectivity index (χ1n) is 7.77. The minimum Gasteiger partial charge on any atom is -0.316 e. The quantitative estimate of drug-likeness (QED) is 0.811. The van der Waals surface area contributed by atoms with Crippen LogP contribution in [-0.2, 0) is 6.42 Å². The minimum atomic E-state index is 0.441. The Labute approximate surface area is 132 Å². The summed E-state index contributed by atoms with van der Waals surface area (Å²) in [4.78, 5) is 0. The van der Waals surface area contributed by atoms with Gasteiger partial charge in [0.2, 0.25) is 0 Å². The number of rotatable bonds is 5. The van der Waals surface area contributed by atoms with E-state index in [9.17, 15) is 0 Å². The van der Waals surface area contributed by atoms with E-state index in [1.807, 2.05) is 6.07 Å². The fraction of sp³-hybridized carbons (Fsp3) is 0.647. The molecule has 1 nitrogen and oxygen atoms in total. The van der Waals surface area contributed by atoms with E-state index in [2.05, 4.69) is 24.4 Å². The number of halogens is 2. The summed E-state index contributed by atoms with van der Waals surface area (Å²) in [5.41, 5.74) is 1.78. The molecule has 3 atom stereocenters. The van der Waals surface area contributed by atoms with E-state index < -0.39 is 0 Å². The predicted octanol–water partition coefficient (Wildman–Crippen LogP) is 4.95. The molecule has 2 fully saturated rings. The van der Waals surface area contributed by atoms with Crippen molar-refractivity contribution in [2.45, 2.75) is 39.0 Å². The second kappa shape index (κ2) is 5.87. The van der Waals surface area contributed by atoms with Crippen molar-refractivity contribution in [1.29, 1.82) is 0 Å². The van der Waals surface area contributed by atoms with Crippen molar-refractivity contribution in [3.8, 4) is 0 Å². The molecule has 0 amide bonds. The predicted molar refractivity (Wildman–Crippen MR) is 86.6 cm³/mol. The van der Waals surface area contributed by atoms with Gasteiger partial charge in [0.15, 0.2) is 0 Å². The summed E-state index contributed by atoms with van der Waals surface area (Å²) in [6, 6.07) is 6.14. The van der Waals surface area contributed by atoms with Gasteiger partial charge in [0.25, 0.3) is 0 Å². The molecule has 0 saturated heterocycles. The van der Waals surface area contributed by atoms with Crippen molar-refractivity contribution >= 4 is 23.2 Å². The van der Waals surface area contributed by atoms with Crippen molar-refractivity contribution in [2.24, 2.45) is 17.3 Å². The molecule has 3 unspecified atom stereocenters. The molecule has 0 aromatic heterocycles. The Morgan fingerprint density at radius 2 is 2.10 bits per heavy atom. The molecule has 1 N–H and O–H groups in total. The molecule has 2 saturated carbocycles. The standard InChI is InChI=1S/C17H23Cl2N/c1-2-20-11-17(9-12-3-5-14(17)7-12)10-13-4-6-15(18)16(19)8-13/h4,6,8,12,14,20H,2-3,5,7,9-11H2,1H3. The third-order valence-corrected chi connectivity index (χ3v) is 6.11. The van der Waals surface area contributed by atoms with Crippen molar-refractivity contribution < 1.29 is 0 Å². The molecule has 2 bridgehead atoms. The Kier molecular flexibility index (Phi) is 4.31. The lowest BCUT2D eigenvalue weighted by Gasteiger charge is -2.38. The van der Waals surface area contributed by atoms with E-state index in [1.54, 1.807) is 0 Å². The lowest BCUT2D eigenvalue weighted by molar-refractivity contribution is 0.157. The van der Waals surface area contributed by atoms with Crippen LogP contribution in [0.2, 0.25) is 10.0 Å². The first kappa shape index (κ1) is 14.7. The second-order valence-corrected chi connectivity index (χ2v) is 7.46. The first-order chi connectivity index (χ1) is 9.63. The highest BCUT2D eigenvalue weighted by atomic mass is 35.5. The third-order valence-electron chi connectivity index (χ3n) is 5.37. The van der Waals surface area contributed by atoms with E-state index in [0.717, 1.165) is 31.3 Å². The Hall–Kier alpha value is -0.240. The van der Waals surface area contributed by atoms with E-state index in [4.69, 9.17) is 23.2 Å². The molecule has 0 radical (unpaired) electrons. The van der Waals surface area contributed by atoms with Crippen LogP contribution in [0.5, 0.6) is 0 Å². The van der Waals surface area contributed by atoms with Crippen LogP contribution < -0.4 is 5.32 Å². The number of nitrogens with one attached hydrogen (secondary N) is 1. The van der Waals surface area contributed by atoms with Crippen LogP contribution in [0.1, 0.15) is 38.2 Å². The van der Waals surface area contributed by atoms with Gasteiger partial charge in [-0.3, -0.25) is 0 Å². The fourth-order valence-corrected chi connectivity index (χ4v) is 4.80. The summed E-state index contributed by atoms with van der Waals surface area (Å²) in [6.45, 7) is 4.39. The summed E-state index contributed by atoms with van der Waals surface area (Å²) in [7, 11) is 0. The summed E-state index contributed by atoms with van der Waals surface area (Å²) < 4.78 is 0. The molecule has 0 heterocycles. The summed E-state index contributed by atoms with van der Waals surface area (Å²) in [5, 5.41) is 4.95. The Bertz CT molecular complexity index is 488. The van der Waals surface area contributed by atoms with Gasteiger partial charge in [-0.2, -0.15) is 0 Å². The van der Waals surface area contributed by atoms with E-state index in [1.165, 1.54) is 31.2 Å². The van der Waals surface area contributed by atoms with Crippen molar-refractivity contribution in [2.75, 3.05) is 13.1 Å². The highest BCUT2D eigenvalue weighted by molar-refractivity contribution is 6.42.